The van der Waals surface area contributed by atoms with Gasteiger partial charge in [-0.2, -0.15) is 0 Å². The number of halogens is 1. The minimum atomic E-state index is -1.03. The number of amides is 2. The Bertz CT molecular complexity index is 578. The lowest BCUT2D eigenvalue weighted by molar-refractivity contribution is -0.385. The molecule has 0 aliphatic carbocycles. The lowest BCUT2D eigenvalue weighted by atomic mass is 10.0. The first-order valence-electron chi connectivity index (χ1n) is 5.96. The Hall–Kier alpha value is -2.16. The summed E-state index contributed by atoms with van der Waals surface area (Å²) in [6.45, 7) is 3.03. The quantitative estimate of drug-likeness (QED) is 0.550. The van der Waals surface area contributed by atoms with E-state index in [9.17, 15) is 19.7 Å². The van der Waals surface area contributed by atoms with Gasteiger partial charge in [0.15, 0.2) is 0 Å². The monoisotopic (exact) mass is 359 g/mol. The number of rotatable bonds is 5. The molecule has 8 nitrogen and oxygen atoms in total. The van der Waals surface area contributed by atoms with Crippen LogP contribution in [0.5, 0.6) is 0 Å². The maximum absolute atomic E-state index is 11.7. The Labute approximate surface area is 128 Å². The molecule has 0 spiro atoms. The first-order valence-corrected chi connectivity index (χ1v) is 6.76. The summed E-state index contributed by atoms with van der Waals surface area (Å²) in [5, 5.41) is 24.5. The number of nitro benzene ring substituents is 1. The third kappa shape index (κ3) is 4.71. The molecule has 2 amide bonds. The van der Waals surface area contributed by atoms with Crippen molar-refractivity contribution in [2.24, 2.45) is 5.92 Å². The molecule has 0 radical (unpaired) electrons. The number of carboxylic acids is 1. The van der Waals surface area contributed by atoms with Crippen LogP contribution >= 0.6 is 15.9 Å². The number of urea groups is 1. The van der Waals surface area contributed by atoms with E-state index in [1.165, 1.54) is 25.1 Å². The van der Waals surface area contributed by atoms with Gasteiger partial charge in [-0.1, -0.05) is 0 Å². The van der Waals surface area contributed by atoms with E-state index >= 15 is 0 Å². The number of hydrogen-bond donors (Lipinski definition) is 3. The Balaban J connectivity index is 2.73. The van der Waals surface area contributed by atoms with Crippen LogP contribution in [0.4, 0.5) is 16.2 Å². The van der Waals surface area contributed by atoms with E-state index in [0.29, 0.717) is 4.47 Å². The highest BCUT2D eigenvalue weighted by atomic mass is 79.9. The second-order valence-electron chi connectivity index (χ2n) is 4.44. The zero-order valence-electron chi connectivity index (χ0n) is 11.3. The molecule has 1 aromatic rings. The van der Waals surface area contributed by atoms with Crippen molar-refractivity contribution in [2.45, 2.75) is 19.9 Å². The van der Waals surface area contributed by atoms with Crippen LogP contribution in [0.1, 0.15) is 13.8 Å². The lowest BCUT2D eigenvalue weighted by Gasteiger charge is -2.18. The number of nitro groups is 1. The molecule has 0 fully saturated rings. The zero-order chi connectivity index (χ0) is 16.2. The van der Waals surface area contributed by atoms with Gasteiger partial charge in [0.2, 0.25) is 0 Å². The maximum Gasteiger partial charge on any atom is 0.319 e. The van der Waals surface area contributed by atoms with E-state index in [4.69, 9.17) is 5.11 Å². The minimum Gasteiger partial charge on any atom is -0.481 e. The van der Waals surface area contributed by atoms with Gasteiger partial charge in [0.1, 0.15) is 0 Å². The minimum absolute atomic E-state index is 0.181. The molecule has 1 aromatic carbocycles. The second kappa shape index (κ2) is 7.02. The molecule has 0 aromatic heterocycles. The summed E-state index contributed by atoms with van der Waals surface area (Å²) in [6.07, 6.45) is 0. The van der Waals surface area contributed by atoms with E-state index < -0.39 is 28.9 Å². The highest BCUT2D eigenvalue weighted by molar-refractivity contribution is 9.10. The molecule has 2 atom stereocenters. The molecular weight excluding hydrogens is 346 g/mol. The number of nitrogens with one attached hydrogen (secondary N) is 2. The number of nitrogens with zero attached hydrogens (tertiary/aromatic N) is 1. The fraction of sp³-hybridized carbons (Fsp3) is 0.333. The molecule has 0 saturated heterocycles. The normalized spacial score (nSPS) is 13.1. The topological polar surface area (TPSA) is 122 Å². The zero-order valence-corrected chi connectivity index (χ0v) is 12.9. The molecule has 9 heteroatoms. The van der Waals surface area contributed by atoms with Gasteiger partial charge in [-0.15, -0.1) is 0 Å². The number of carbonyl (C=O) groups excluding carboxylic acids is 1. The number of anilines is 1. The molecule has 3 N–H and O–H groups in total. The highest BCUT2D eigenvalue weighted by Crippen LogP contribution is 2.27. The molecule has 0 aliphatic rings. The van der Waals surface area contributed by atoms with Crippen LogP contribution in [0.25, 0.3) is 0 Å². The Morgan fingerprint density at radius 2 is 2.00 bits per heavy atom. The van der Waals surface area contributed by atoms with Crippen LogP contribution in [0.15, 0.2) is 22.7 Å². The number of aliphatic carboxylic acids is 1. The number of carboxylic acid groups (broad SMARTS) is 1. The summed E-state index contributed by atoms with van der Waals surface area (Å²) in [7, 11) is 0. The summed E-state index contributed by atoms with van der Waals surface area (Å²) in [6, 6.07) is 2.91. The molecule has 0 heterocycles. The first kappa shape index (κ1) is 16.9. The van der Waals surface area contributed by atoms with Crippen LogP contribution in [0, 0.1) is 16.0 Å². The number of carbonyl (C=O) groups is 2. The van der Waals surface area contributed by atoms with Crippen molar-refractivity contribution in [1.29, 1.82) is 0 Å². The Morgan fingerprint density at radius 3 is 2.52 bits per heavy atom. The third-order valence-electron chi connectivity index (χ3n) is 2.90. The van der Waals surface area contributed by atoms with Crippen molar-refractivity contribution in [3.8, 4) is 0 Å². The predicted molar refractivity (Wildman–Crippen MR) is 79.2 cm³/mol. The van der Waals surface area contributed by atoms with Gasteiger partial charge in [-0.05, 0) is 41.9 Å². The molecule has 1 rings (SSSR count). The molecule has 2 unspecified atom stereocenters. The van der Waals surface area contributed by atoms with Gasteiger partial charge in [0, 0.05) is 17.8 Å². The van der Waals surface area contributed by atoms with Gasteiger partial charge in [-0.3, -0.25) is 14.9 Å². The maximum atomic E-state index is 11.7. The first-order chi connectivity index (χ1) is 9.72. The van der Waals surface area contributed by atoms with Gasteiger partial charge in [0.25, 0.3) is 5.69 Å². The van der Waals surface area contributed by atoms with Crippen molar-refractivity contribution < 1.29 is 19.6 Å². The van der Waals surface area contributed by atoms with Gasteiger partial charge >= 0.3 is 12.0 Å². The fourth-order valence-electron chi connectivity index (χ4n) is 1.44. The summed E-state index contributed by atoms with van der Waals surface area (Å²) in [5.74, 6) is -1.78. The summed E-state index contributed by atoms with van der Waals surface area (Å²) < 4.78 is 0.298. The highest BCUT2D eigenvalue weighted by Gasteiger charge is 2.21. The molecule has 0 bridgehead atoms. The third-order valence-corrected chi connectivity index (χ3v) is 3.57. The number of hydrogen-bond acceptors (Lipinski definition) is 4. The average molecular weight is 360 g/mol. The molecule has 114 valence electrons. The lowest BCUT2D eigenvalue weighted by Crippen LogP contribution is -2.42. The van der Waals surface area contributed by atoms with Crippen molar-refractivity contribution >= 4 is 39.3 Å². The molecule has 0 saturated carbocycles. The Kier molecular flexibility index (Phi) is 5.65. The smallest absolute Gasteiger partial charge is 0.319 e. The second-order valence-corrected chi connectivity index (χ2v) is 5.29. The summed E-state index contributed by atoms with van der Waals surface area (Å²) >= 11 is 3.04. The Morgan fingerprint density at radius 1 is 1.38 bits per heavy atom. The summed E-state index contributed by atoms with van der Waals surface area (Å²) in [5.41, 5.74) is 0.0531. The van der Waals surface area contributed by atoms with Gasteiger partial charge < -0.3 is 15.7 Å². The SMILES string of the molecule is CC(NC(=O)Nc1ccc(Br)c([N+](=O)[O-])c1)C(C)C(=O)O. The van der Waals surface area contributed by atoms with Crippen LogP contribution in [-0.2, 0) is 4.79 Å². The van der Waals surface area contributed by atoms with E-state index in [1.54, 1.807) is 6.92 Å². The summed E-state index contributed by atoms with van der Waals surface area (Å²) in [4.78, 5) is 32.7. The average Bonchev–Trinajstić information content (AvgIpc) is 2.39. The van der Waals surface area contributed by atoms with Crippen LogP contribution < -0.4 is 10.6 Å². The van der Waals surface area contributed by atoms with E-state index in [-0.39, 0.29) is 11.4 Å². The van der Waals surface area contributed by atoms with Crippen molar-refractivity contribution in [3.63, 3.8) is 0 Å². The van der Waals surface area contributed by atoms with Crippen LogP contribution in [-0.4, -0.2) is 28.1 Å². The molecular formula is C12H14BrN3O5. The van der Waals surface area contributed by atoms with Crippen molar-refractivity contribution in [2.75, 3.05) is 5.32 Å². The fourth-order valence-corrected chi connectivity index (χ4v) is 1.83. The van der Waals surface area contributed by atoms with Gasteiger partial charge in [-0.25, -0.2) is 4.79 Å². The van der Waals surface area contributed by atoms with Crippen molar-refractivity contribution in [1.82, 2.24) is 5.32 Å². The van der Waals surface area contributed by atoms with E-state index in [0.717, 1.165) is 0 Å². The largest absolute Gasteiger partial charge is 0.481 e. The van der Waals surface area contributed by atoms with Gasteiger partial charge in [0.05, 0.1) is 15.3 Å². The standard InChI is InChI=1S/C12H14BrN3O5/c1-6(11(17)18)7(2)14-12(19)15-8-3-4-9(13)10(5-8)16(20)21/h3-7H,1-2H3,(H,17,18)(H2,14,15,19). The number of benzene rings is 1. The van der Waals surface area contributed by atoms with E-state index in [1.807, 2.05) is 0 Å². The molecule has 0 aliphatic heterocycles. The van der Waals surface area contributed by atoms with Crippen molar-refractivity contribution in [3.05, 3.63) is 32.8 Å². The van der Waals surface area contributed by atoms with Crippen LogP contribution in [0.2, 0.25) is 0 Å². The van der Waals surface area contributed by atoms with E-state index in [2.05, 4.69) is 26.6 Å². The molecule has 21 heavy (non-hydrogen) atoms. The van der Waals surface area contributed by atoms with Crippen LogP contribution in [0.3, 0.4) is 0 Å². The predicted octanol–water partition coefficient (Wildman–Crippen LogP) is 2.59.